The van der Waals surface area contributed by atoms with Gasteiger partial charge in [-0.2, -0.15) is 10.2 Å². The summed E-state index contributed by atoms with van der Waals surface area (Å²) in [5.41, 5.74) is 3.56. The number of anilines is 1. The smallest absolute Gasteiger partial charge is 0.276 e. The number of carbonyl (C=O) groups excluding carboxylic acids is 1. The molecule has 4 aromatic rings. The lowest BCUT2D eigenvalue weighted by Gasteiger charge is -2.04. The van der Waals surface area contributed by atoms with Gasteiger partial charge in [-0.15, -0.1) is 0 Å². The van der Waals surface area contributed by atoms with Gasteiger partial charge in [0.15, 0.2) is 11.5 Å². The minimum Gasteiger partial charge on any atom is -0.463 e. The summed E-state index contributed by atoms with van der Waals surface area (Å²) in [5, 5.41) is 15.1. The maximum absolute atomic E-state index is 12.4. The van der Waals surface area contributed by atoms with Crippen molar-refractivity contribution in [3.8, 4) is 11.5 Å². The SMILES string of the molecule is Cc1nn(C)c2cc(NC(=O)c3cc(-c4ccco4)[nH]n3)ccc12. The van der Waals surface area contributed by atoms with Crippen molar-refractivity contribution in [3.05, 3.63) is 54.0 Å². The lowest BCUT2D eigenvalue weighted by Crippen LogP contribution is -2.12. The first-order chi connectivity index (χ1) is 11.6. The number of furan rings is 1. The van der Waals surface area contributed by atoms with Crippen molar-refractivity contribution in [1.82, 2.24) is 20.0 Å². The Morgan fingerprint density at radius 1 is 1.29 bits per heavy atom. The highest BCUT2D eigenvalue weighted by Crippen LogP contribution is 2.22. The van der Waals surface area contributed by atoms with Gasteiger partial charge in [0.2, 0.25) is 0 Å². The number of nitrogens with one attached hydrogen (secondary N) is 2. The Morgan fingerprint density at radius 2 is 2.17 bits per heavy atom. The van der Waals surface area contributed by atoms with Crippen molar-refractivity contribution in [2.75, 3.05) is 5.32 Å². The number of aromatic amines is 1. The van der Waals surface area contributed by atoms with Crippen molar-refractivity contribution in [3.63, 3.8) is 0 Å². The van der Waals surface area contributed by atoms with Gasteiger partial charge in [-0.3, -0.25) is 14.6 Å². The molecular formula is C17H15N5O2. The Morgan fingerprint density at radius 3 is 2.96 bits per heavy atom. The molecule has 0 bridgehead atoms. The van der Waals surface area contributed by atoms with Gasteiger partial charge >= 0.3 is 0 Å². The van der Waals surface area contributed by atoms with Crippen LogP contribution in [0, 0.1) is 6.92 Å². The van der Waals surface area contributed by atoms with Gasteiger partial charge in [0.25, 0.3) is 5.91 Å². The summed E-state index contributed by atoms with van der Waals surface area (Å²) in [6, 6.07) is 10.9. The topological polar surface area (TPSA) is 88.7 Å². The van der Waals surface area contributed by atoms with Crippen molar-refractivity contribution in [1.29, 1.82) is 0 Å². The van der Waals surface area contributed by atoms with E-state index < -0.39 is 0 Å². The number of amides is 1. The fourth-order valence-corrected chi connectivity index (χ4v) is 2.71. The summed E-state index contributed by atoms with van der Waals surface area (Å²) in [6.45, 7) is 1.96. The van der Waals surface area contributed by atoms with E-state index in [1.54, 1.807) is 29.1 Å². The average molecular weight is 321 g/mol. The Bertz CT molecular complexity index is 1030. The highest BCUT2D eigenvalue weighted by Gasteiger charge is 2.14. The number of rotatable bonds is 3. The molecule has 3 heterocycles. The van der Waals surface area contributed by atoms with E-state index in [0.717, 1.165) is 16.6 Å². The molecule has 7 nitrogen and oxygen atoms in total. The van der Waals surface area contributed by atoms with E-state index in [1.807, 2.05) is 32.2 Å². The van der Waals surface area contributed by atoms with Gasteiger partial charge in [0.1, 0.15) is 5.69 Å². The predicted molar refractivity (Wildman–Crippen MR) is 89.7 cm³/mol. The normalized spacial score (nSPS) is 11.1. The van der Waals surface area contributed by atoms with Crippen LogP contribution in [0.4, 0.5) is 5.69 Å². The molecule has 4 rings (SSSR count). The van der Waals surface area contributed by atoms with Crippen molar-refractivity contribution >= 4 is 22.5 Å². The molecule has 0 saturated carbocycles. The van der Waals surface area contributed by atoms with Crippen LogP contribution < -0.4 is 5.32 Å². The minimum absolute atomic E-state index is 0.290. The van der Waals surface area contributed by atoms with Crippen LogP contribution in [0.1, 0.15) is 16.2 Å². The largest absolute Gasteiger partial charge is 0.463 e. The number of carbonyl (C=O) groups is 1. The first kappa shape index (κ1) is 14.3. The monoisotopic (exact) mass is 321 g/mol. The Kier molecular flexibility index (Phi) is 3.19. The van der Waals surface area contributed by atoms with Crippen molar-refractivity contribution < 1.29 is 9.21 Å². The minimum atomic E-state index is -0.290. The number of hydrogen-bond acceptors (Lipinski definition) is 4. The standard InChI is InChI=1S/C17H15N5O2/c1-10-12-6-5-11(8-15(12)22(2)21-10)18-17(23)14-9-13(19-20-14)16-4-3-7-24-16/h3-9H,1-2H3,(H,18,23)(H,19,20). The van der Waals surface area contributed by atoms with Gasteiger partial charge in [-0.25, -0.2) is 0 Å². The third-order valence-corrected chi connectivity index (χ3v) is 3.89. The molecule has 3 aromatic heterocycles. The van der Waals surface area contributed by atoms with Crippen molar-refractivity contribution in [2.45, 2.75) is 6.92 Å². The molecule has 0 fully saturated rings. The van der Waals surface area contributed by atoms with Crippen LogP contribution in [0.2, 0.25) is 0 Å². The predicted octanol–water partition coefficient (Wildman–Crippen LogP) is 3.12. The molecule has 24 heavy (non-hydrogen) atoms. The second-order valence-corrected chi connectivity index (χ2v) is 5.54. The first-order valence-corrected chi connectivity index (χ1v) is 7.46. The zero-order valence-electron chi connectivity index (χ0n) is 13.2. The van der Waals surface area contributed by atoms with Crippen LogP contribution in [0.5, 0.6) is 0 Å². The van der Waals surface area contributed by atoms with Gasteiger partial charge in [0, 0.05) is 24.2 Å². The zero-order chi connectivity index (χ0) is 16.7. The van der Waals surface area contributed by atoms with E-state index in [0.29, 0.717) is 22.8 Å². The highest BCUT2D eigenvalue weighted by atomic mass is 16.3. The van der Waals surface area contributed by atoms with E-state index in [1.165, 1.54) is 0 Å². The number of benzene rings is 1. The lowest BCUT2D eigenvalue weighted by atomic mass is 10.2. The van der Waals surface area contributed by atoms with Crippen molar-refractivity contribution in [2.24, 2.45) is 7.05 Å². The zero-order valence-corrected chi connectivity index (χ0v) is 13.2. The number of aromatic nitrogens is 4. The summed E-state index contributed by atoms with van der Waals surface area (Å²) < 4.78 is 7.08. The summed E-state index contributed by atoms with van der Waals surface area (Å²) in [4.78, 5) is 12.4. The fraction of sp³-hybridized carbons (Fsp3) is 0.118. The summed E-state index contributed by atoms with van der Waals surface area (Å²) >= 11 is 0. The molecule has 0 unspecified atom stereocenters. The lowest BCUT2D eigenvalue weighted by molar-refractivity contribution is 0.102. The molecule has 120 valence electrons. The molecule has 1 aromatic carbocycles. The van der Waals surface area contributed by atoms with Crippen LogP contribution in [0.3, 0.4) is 0 Å². The molecule has 0 saturated heterocycles. The molecular weight excluding hydrogens is 306 g/mol. The Balaban J connectivity index is 1.59. The highest BCUT2D eigenvalue weighted by molar-refractivity contribution is 6.04. The molecule has 2 N–H and O–H groups in total. The second-order valence-electron chi connectivity index (χ2n) is 5.54. The third-order valence-electron chi connectivity index (χ3n) is 3.89. The third kappa shape index (κ3) is 2.36. The number of fused-ring (bicyclic) bond motifs is 1. The summed E-state index contributed by atoms with van der Waals surface area (Å²) in [5.74, 6) is 0.343. The van der Waals surface area contributed by atoms with Gasteiger partial charge in [0.05, 0.1) is 17.5 Å². The maximum atomic E-state index is 12.4. The quantitative estimate of drug-likeness (QED) is 0.607. The number of H-pyrrole nitrogens is 1. The maximum Gasteiger partial charge on any atom is 0.276 e. The second kappa shape index (κ2) is 5.38. The summed E-state index contributed by atoms with van der Waals surface area (Å²) in [7, 11) is 1.88. The van der Waals surface area contributed by atoms with E-state index in [9.17, 15) is 4.79 Å². The van der Waals surface area contributed by atoms with Crippen LogP contribution in [-0.2, 0) is 7.05 Å². The van der Waals surface area contributed by atoms with Crippen LogP contribution >= 0.6 is 0 Å². The molecule has 0 aliphatic rings. The Hall–Kier alpha value is -3.35. The van der Waals surface area contributed by atoms with Gasteiger partial charge in [-0.05, 0) is 37.3 Å². The van der Waals surface area contributed by atoms with E-state index in [-0.39, 0.29) is 5.91 Å². The number of nitrogens with zero attached hydrogens (tertiary/aromatic N) is 3. The first-order valence-electron chi connectivity index (χ1n) is 7.46. The molecule has 1 amide bonds. The summed E-state index contributed by atoms with van der Waals surface area (Å²) in [6.07, 6.45) is 1.57. The molecule has 7 heteroatoms. The van der Waals surface area contributed by atoms with Crippen LogP contribution in [0.15, 0.2) is 47.1 Å². The number of hydrogen-bond donors (Lipinski definition) is 2. The van der Waals surface area contributed by atoms with E-state index in [4.69, 9.17) is 4.42 Å². The van der Waals surface area contributed by atoms with Gasteiger partial charge in [-0.1, -0.05) is 0 Å². The number of aryl methyl sites for hydroxylation is 2. The molecule has 0 aliphatic heterocycles. The van der Waals surface area contributed by atoms with Gasteiger partial charge < -0.3 is 9.73 Å². The molecule has 0 atom stereocenters. The molecule has 0 spiro atoms. The fourth-order valence-electron chi connectivity index (χ4n) is 2.71. The van der Waals surface area contributed by atoms with Crippen LogP contribution in [-0.4, -0.2) is 25.9 Å². The van der Waals surface area contributed by atoms with E-state index in [2.05, 4.69) is 20.6 Å². The average Bonchev–Trinajstić information content (AvgIpc) is 3.29. The Labute approximate surface area is 137 Å². The van der Waals surface area contributed by atoms with Crippen LogP contribution in [0.25, 0.3) is 22.4 Å². The van der Waals surface area contributed by atoms with E-state index >= 15 is 0 Å². The molecule has 0 radical (unpaired) electrons. The molecule has 0 aliphatic carbocycles.